The lowest BCUT2D eigenvalue weighted by molar-refractivity contribution is -0.138. The van der Waals surface area contributed by atoms with E-state index in [1.807, 2.05) is 42.5 Å². The lowest BCUT2D eigenvalue weighted by Gasteiger charge is -2.13. The second-order valence-electron chi connectivity index (χ2n) is 4.12. The highest BCUT2D eigenvalue weighted by Gasteiger charge is 2.13. The molecule has 2 rings (SSSR count). The molecule has 0 radical (unpaired) electrons. The minimum absolute atomic E-state index is 0.351. The molecule has 0 aliphatic heterocycles. The third kappa shape index (κ3) is 2.78. The fourth-order valence-corrected chi connectivity index (χ4v) is 1.83. The first kappa shape index (κ1) is 12.4. The summed E-state index contributed by atoms with van der Waals surface area (Å²) in [6.07, 6.45) is 0. The molecule has 4 nitrogen and oxygen atoms in total. The Morgan fingerprint density at radius 2 is 1.94 bits per heavy atom. The van der Waals surface area contributed by atoms with Crippen LogP contribution in [0.5, 0.6) is 0 Å². The predicted octanol–water partition coefficient (Wildman–Crippen LogP) is 1.92. The Bertz CT molecular complexity index is 554. The van der Waals surface area contributed by atoms with Crippen molar-refractivity contribution in [2.75, 3.05) is 18.9 Å². The minimum atomic E-state index is -0.856. The van der Waals surface area contributed by atoms with Gasteiger partial charge in [0.25, 0.3) is 0 Å². The first-order chi connectivity index (χ1) is 8.70. The Labute approximate surface area is 106 Å². The quantitative estimate of drug-likeness (QED) is 0.752. The lowest BCUT2D eigenvalue weighted by atomic mass is 10.1. The third-order valence-corrected chi connectivity index (χ3v) is 2.91. The number of likely N-dealkylation sites (N-methyl/N-ethyl adjacent to an activating group) is 1. The zero-order valence-corrected chi connectivity index (χ0v) is 10.2. The lowest BCUT2D eigenvalue weighted by Crippen LogP contribution is -2.39. The molecule has 18 heavy (non-hydrogen) atoms. The van der Waals surface area contributed by atoms with Gasteiger partial charge in [0.2, 0.25) is 0 Å². The van der Waals surface area contributed by atoms with Crippen molar-refractivity contribution in [3.05, 3.63) is 42.5 Å². The Balaban J connectivity index is 2.10. The average molecular weight is 244 g/mol. The summed E-state index contributed by atoms with van der Waals surface area (Å²) in [5.74, 6) is -0.856. The second-order valence-corrected chi connectivity index (χ2v) is 4.12. The van der Waals surface area contributed by atoms with Crippen LogP contribution >= 0.6 is 0 Å². The van der Waals surface area contributed by atoms with E-state index in [0.29, 0.717) is 6.54 Å². The molecule has 0 heterocycles. The fraction of sp³-hybridized carbons (Fsp3) is 0.214. The van der Waals surface area contributed by atoms with Crippen LogP contribution in [-0.4, -0.2) is 30.7 Å². The molecule has 0 saturated carbocycles. The number of carboxylic acids is 1. The number of carboxylic acid groups (broad SMARTS) is 1. The zero-order chi connectivity index (χ0) is 13.0. The highest BCUT2D eigenvalue weighted by Crippen LogP contribution is 2.18. The minimum Gasteiger partial charge on any atom is -0.480 e. The zero-order valence-electron chi connectivity index (χ0n) is 10.2. The number of rotatable bonds is 5. The number of hydrogen-bond acceptors (Lipinski definition) is 3. The van der Waals surface area contributed by atoms with Gasteiger partial charge in [-0.05, 0) is 30.0 Å². The van der Waals surface area contributed by atoms with Crippen LogP contribution in [0.4, 0.5) is 5.69 Å². The molecule has 0 saturated heterocycles. The van der Waals surface area contributed by atoms with Crippen LogP contribution in [0.2, 0.25) is 0 Å². The van der Waals surface area contributed by atoms with E-state index in [1.165, 1.54) is 5.39 Å². The molecule has 0 fully saturated rings. The smallest absolute Gasteiger partial charge is 0.322 e. The Kier molecular flexibility index (Phi) is 3.79. The third-order valence-electron chi connectivity index (χ3n) is 2.91. The van der Waals surface area contributed by atoms with Crippen LogP contribution in [0.25, 0.3) is 10.8 Å². The van der Waals surface area contributed by atoms with Gasteiger partial charge in [-0.3, -0.25) is 4.79 Å². The van der Waals surface area contributed by atoms with Crippen molar-refractivity contribution in [1.82, 2.24) is 5.32 Å². The molecule has 3 N–H and O–H groups in total. The van der Waals surface area contributed by atoms with E-state index in [-0.39, 0.29) is 0 Å². The molecule has 0 aliphatic rings. The fourth-order valence-electron chi connectivity index (χ4n) is 1.83. The van der Waals surface area contributed by atoms with Gasteiger partial charge in [-0.1, -0.05) is 30.3 Å². The summed E-state index contributed by atoms with van der Waals surface area (Å²) in [4.78, 5) is 10.9. The monoisotopic (exact) mass is 244 g/mol. The number of carbonyl (C=O) groups is 1. The van der Waals surface area contributed by atoms with Crippen LogP contribution < -0.4 is 10.6 Å². The number of aliphatic carboxylic acids is 1. The molecule has 2 aromatic rings. The molecule has 0 spiro atoms. The Hall–Kier alpha value is -2.07. The van der Waals surface area contributed by atoms with Crippen LogP contribution in [0, 0.1) is 0 Å². The highest BCUT2D eigenvalue weighted by atomic mass is 16.4. The van der Waals surface area contributed by atoms with Crippen LogP contribution in [0.15, 0.2) is 42.5 Å². The highest BCUT2D eigenvalue weighted by molar-refractivity contribution is 5.85. The van der Waals surface area contributed by atoms with Crippen molar-refractivity contribution >= 4 is 22.4 Å². The van der Waals surface area contributed by atoms with E-state index in [9.17, 15) is 4.79 Å². The van der Waals surface area contributed by atoms with Gasteiger partial charge in [0.1, 0.15) is 6.04 Å². The Morgan fingerprint density at radius 3 is 2.61 bits per heavy atom. The molecule has 2 aromatic carbocycles. The molecule has 4 heteroatoms. The van der Waals surface area contributed by atoms with Gasteiger partial charge in [-0.15, -0.1) is 0 Å². The summed E-state index contributed by atoms with van der Waals surface area (Å²) in [5, 5.41) is 17.1. The summed E-state index contributed by atoms with van der Waals surface area (Å²) in [6, 6.07) is 13.5. The van der Waals surface area contributed by atoms with Crippen LogP contribution in [-0.2, 0) is 4.79 Å². The van der Waals surface area contributed by atoms with Gasteiger partial charge in [-0.25, -0.2) is 0 Å². The number of hydrogen-bond donors (Lipinski definition) is 3. The van der Waals surface area contributed by atoms with Gasteiger partial charge in [0, 0.05) is 12.2 Å². The van der Waals surface area contributed by atoms with E-state index in [4.69, 9.17) is 5.11 Å². The van der Waals surface area contributed by atoms with E-state index < -0.39 is 12.0 Å². The van der Waals surface area contributed by atoms with Crippen LogP contribution in [0.1, 0.15) is 0 Å². The number of anilines is 1. The van der Waals surface area contributed by atoms with Crippen molar-refractivity contribution in [1.29, 1.82) is 0 Å². The summed E-state index contributed by atoms with van der Waals surface area (Å²) in [7, 11) is 1.64. The summed E-state index contributed by atoms with van der Waals surface area (Å²) in [5.41, 5.74) is 0.926. The van der Waals surface area contributed by atoms with Crippen molar-refractivity contribution in [3.63, 3.8) is 0 Å². The van der Waals surface area contributed by atoms with Gasteiger partial charge in [-0.2, -0.15) is 0 Å². The Morgan fingerprint density at radius 1 is 1.22 bits per heavy atom. The van der Waals surface area contributed by atoms with Crippen molar-refractivity contribution in [2.45, 2.75) is 6.04 Å². The summed E-state index contributed by atoms with van der Waals surface area (Å²) >= 11 is 0. The number of fused-ring (bicyclic) bond motifs is 1. The first-order valence-corrected chi connectivity index (χ1v) is 5.83. The first-order valence-electron chi connectivity index (χ1n) is 5.83. The maximum atomic E-state index is 10.9. The molecule has 1 atom stereocenters. The summed E-state index contributed by atoms with van der Waals surface area (Å²) < 4.78 is 0. The normalized spacial score (nSPS) is 12.3. The van der Waals surface area contributed by atoms with E-state index in [0.717, 1.165) is 11.1 Å². The number of benzene rings is 2. The molecule has 94 valence electrons. The maximum Gasteiger partial charge on any atom is 0.322 e. The standard InChI is InChI=1S/C14H16N2O2/c1-15-13(14(17)18)9-16-12-7-6-10-4-2-3-5-11(10)8-12/h2-8,13,15-16H,9H2,1H3,(H,17,18). The second kappa shape index (κ2) is 5.51. The van der Waals surface area contributed by atoms with Gasteiger partial charge >= 0.3 is 5.97 Å². The molecular weight excluding hydrogens is 228 g/mol. The molecular formula is C14H16N2O2. The van der Waals surface area contributed by atoms with Gasteiger partial charge < -0.3 is 15.7 Å². The van der Waals surface area contributed by atoms with Crippen molar-refractivity contribution < 1.29 is 9.90 Å². The maximum absolute atomic E-state index is 10.9. The van der Waals surface area contributed by atoms with Crippen LogP contribution in [0.3, 0.4) is 0 Å². The molecule has 0 aliphatic carbocycles. The van der Waals surface area contributed by atoms with Crippen molar-refractivity contribution in [2.24, 2.45) is 0 Å². The molecule has 0 amide bonds. The topological polar surface area (TPSA) is 61.4 Å². The van der Waals surface area contributed by atoms with E-state index >= 15 is 0 Å². The average Bonchev–Trinajstić information content (AvgIpc) is 2.39. The number of nitrogens with one attached hydrogen (secondary N) is 2. The summed E-state index contributed by atoms with van der Waals surface area (Å²) in [6.45, 7) is 0.351. The van der Waals surface area contributed by atoms with E-state index in [2.05, 4.69) is 10.6 Å². The molecule has 1 unspecified atom stereocenters. The van der Waals surface area contributed by atoms with Gasteiger partial charge in [0.15, 0.2) is 0 Å². The molecule has 0 aromatic heterocycles. The van der Waals surface area contributed by atoms with Crippen molar-refractivity contribution in [3.8, 4) is 0 Å². The van der Waals surface area contributed by atoms with E-state index in [1.54, 1.807) is 7.05 Å². The SMILES string of the molecule is CNC(CNc1ccc2ccccc2c1)C(=O)O. The largest absolute Gasteiger partial charge is 0.480 e. The predicted molar refractivity (Wildman–Crippen MR) is 72.9 cm³/mol. The van der Waals surface area contributed by atoms with Gasteiger partial charge in [0.05, 0.1) is 0 Å². The molecule has 0 bridgehead atoms.